The molecular formula is C36H52N4O7. The predicted molar refractivity (Wildman–Crippen MR) is 180 cm³/mol. The number of benzene rings is 2. The quantitative estimate of drug-likeness (QED) is 0.276. The van der Waals surface area contributed by atoms with Gasteiger partial charge in [-0.2, -0.15) is 0 Å². The van der Waals surface area contributed by atoms with E-state index in [0.29, 0.717) is 5.56 Å². The number of primary amides is 1. The Morgan fingerprint density at radius 1 is 0.766 bits per heavy atom. The first-order valence-corrected chi connectivity index (χ1v) is 15.8. The minimum atomic E-state index is -1.26. The van der Waals surface area contributed by atoms with E-state index in [-0.39, 0.29) is 19.3 Å². The molecule has 0 bridgehead atoms. The molecule has 2 aromatic rings. The van der Waals surface area contributed by atoms with E-state index >= 15 is 0 Å². The first kappa shape index (κ1) is 38.8. The van der Waals surface area contributed by atoms with Gasteiger partial charge in [0.25, 0.3) is 0 Å². The number of hydrogen-bond donors (Lipinski definition) is 3. The van der Waals surface area contributed by atoms with Crippen molar-refractivity contribution in [1.82, 2.24) is 15.5 Å². The Hall–Kier alpha value is -4.41. The summed E-state index contributed by atoms with van der Waals surface area (Å²) in [6, 6.07) is 12.8. The van der Waals surface area contributed by atoms with Crippen molar-refractivity contribution in [3.8, 4) is 0 Å². The van der Waals surface area contributed by atoms with E-state index in [4.69, 9.17) is 15.2 Å². The van der Waals surface area contributed by atoms with Crippen molar-refractivity contribution in [2.45, 2.75) is 123 Å². The highest BCUT2D eigenvalue weighted by Gasteiger charge is 2.43. The van der Waals surface area contributed by atoms with Gasteiger partial charge >= 0.3 is 12.1 Å². The Kier molecular flexibility index (Phi) is 13.1. The number of ether oxygens (including phenoxy) is 2. The first-order valence-electron chi connectivity index (χ1n) is 15.8. The molecule has 11 heteroatoms. The number of nitrogens with two attached hydrogens (primary N) is 1. The van der Waals surface area contributed by atoms with Gasteiger partial charge in [-0.1, -0.05) is 54.6 Å². The first-order chi connectivity index (χ1) is 21.6. The zero-order valence-corrected chi connectivity index (χ0v) is 29.4. The van der Waals surface area contributed by atoms with Crippen LogP contribution in [0.5, 0.6) is 0 Å². The second kappa shape index (κ2) is 15.9. The lowest BCUT2D eigenvalue weighted by molar-refractivity contribution is -0.159. The lowest BCUT2D eigenvalue weighted by Gasteiger charge is -2.43. The van der Waals surface area contributed by atoms with E-state index in [1.165, 1.54) is 4.90 Å². The van der Waals surface area contributed by atoms with Crippen molar-refractivity contribution < 1.29 is 33.4 Å². The number of carbonyl (C=O) groups excluding carboxylic acids is 5. The third-order valence-electron chi connectivity index (χ3n) is 6.91. The molecule has 0 radical (unpaired) electrons. The minimum Gasteiger partial charge on any atom is -0.458 e. The van der Waals surface area contributed by atoms with Crippen molar-refractivity contribution >= 4 is 29.8 Å². The van der Waals surface area contributed by atoms with Crippen LogP contribution in [0.2, 0.25) is 0 Å². The fraction of sp³-hybridized carbons (Fsp3) is 0.528. The number of esters is 1. The molecule has 0 heterocycles. The van der Waals surface area contributed by atoms with Gasteiger partial charge in [0.1, 0.15) is 29.3 Å². The topological polar surface area (TPSA) is 157 Å². The summed E-state index contributed by atoms with van der Waals surface area (Å²) in [4.78, 5) is 68.7. The molecule has 2 aromatic carbocycles. The SMILES string of the molecule is Cc1ccccc1C(C(=O)NC(Cc1ccccc1)C(=O)OC(C)(C)C)N(C(=O)C(CCC(N)=O)NC(=O)OC(C)(C)C)C(C)(C)C. The summed E-state index contributed by atoms with van der Waals surface area (Å²) in [5.41, 5.74) is 4.79. The second-order valence-corrected chi connectivity index (χ2v) is 14.6. The third kappa shape index (κ3) is 12.7. The maximum absolute atomic E-state index is 14.6. The Morgan fingerprint density at radius 3 is 1.83 bits per heavy atom. The van der Waals surface area contributed by atoms with Crippen molar-refractivity contribution in [2.75, 3.05) is 0 Å². The Balaban J connectivity index is 2.67. The highest BCUT2D eigenvalue weighted by atomic mass is 16.6. The van der Waals surface area contributed by atoms with E-state index in [1.807, 2.05) is 49.4 Å². The van der Waals surface area contributed by atoms with Crippen LogP contribution in [0.4, 0.5) is 4.79 Å². The molecule has 47 heavy (non-hydrogen) atoms. The Morgan fingerprint density at radius 2 is 1.32 bits per heavy atom. The van der Waals surface area contributed by atoms with Crippen LogP contribution in [0.1, 0.15) is 97.9 Å². The maximum atomic E-state index is 14.6. The molecule has 0 saturated heterocycles. The van der Waals surface area contributed by atoms with Gasteiger partial charge in [-0.3, -0.25) is 14.4 Å². The van der Waals surface area contributed by atoms with E-state index in [1.54, 1.807) is 74.4 Å². The second-order valence-electron chi connectivity index (χ2n) is 14.6. The van der Waals surface area contributed by atoms with Crippen LogP contribution >= 0.6 is 0 Å². The Labute approximate surface area is 278 Å². The summed E-state index contributed by atoms with van der Waals surface area (Å²) < 4.78 is 11.1. The van der Waals surface area contributed by atoms with Gasteiger partial charge < -0.3 is 30.7 Å². The molecule has 0 spiro atoms. The maximum Gasteiger partial charge on any atom is 0.408 e. The molecule has 3 atom stereocenters. The number of carbonyl (C=O) groups is 5. The molecular weight excluding hydrogens is 600 g/mol. The van der Waals surface area contributed by atoms with Gasteiger partial charge in [0.15, 0.2) is 0 Å². The average Bonchev–Trinajstić information content (AvgIpc) is 2.91. The molecule has 258 valence electrons. The fourth-order valence-electron chi connectivity index (χ4n) is 4.96. The number of alkyl carbamates (subject to hydrolysis) is 1. The molecule has 0 saturated carbocycles. The summed E-state index contributed by atoms with van der Waals surface area (Å²) in [6.45, 7) is 17.4. The highest BCUT2D eigenvalue weighted by Crippen LogP contribution is 2.32. The summed E-state index contributed by atoms with van der Waals surface area (Å²) >= 11 is 0. The van der Waals surface area contributed by atoms with E-state index in [2.05, 4.69) is 10.6 Å². The third-order valence-corrected chi connectivity index (χ3v) is 6.91. The van der Waals surface area contributed by atoms with E-state index < -0.39 is 64.7 Å². The number of rotatable bonds is 12. The van der Waals surface area contributed by atoms with Gasteiger partial charge in [-0.05, 0) is 92.3 Å². The smallest absolute Gasteiger partial charge is 0.408 e. The lowest BCUT2D eigenvalue weighted by Crippen LogP contribution is -2.60. The normalized spacial score (nSPS) is 13.8. The van der Waals surface area contributed by atoms with E-state index in [0.717, 1.165) is 11.1 Å². The highest BCUT2D eigenvalue weighted by molar-refractivity contribution is 5.94. The summed E-state index contributed by atoms with van der Waals surface area (Å²) in [5.74, 6) is -2.55. The fourth-order valence-corrected chi connectivity index (χ4v) is 4.96. The molecule has 0 aliphatic carbocycles. The van der Waals surface area contributed by atoms with Gasteiger partial charge in [-0.25, -0.2) is 9.59 Å². The number of nitrogens with one attached hydrogen (secondary N) is 2. The van der Waals surface area contributed by atoms with Gasteiger partial charge in [0.05, 0.1) is 0 Å². The largest absolute Gasteiger partial charge is 0.458 e. The molecule has 4 N–H and O–H groups in total. The molecule has 2 rings (SSSR count). The van der Waals surface area contributed by atoms with Crippen LogP contribution < -0.4 is 16.4 Å². The van der Waals surface area contributed by atoms with Crippen LogP contribution in [0, 0.1) is 6.92 Å². The van der Waals surface area contributed by atoms with Crippen molar-refractivity contribution in [3.05, 3.63) is 71.3 Å². The molecule has 0 fully saturated rings. The molecule has 0 aliphatic rings. The predicted octanol–water partition coefficient (Wildman–Crippen LogP) is 4.89. The van der Waals surface area contributed by atoms with Crippen LogP contribution in [0.25, 0.3) is 0 Å². The minimum absolute atomic E-state index is 0.128. The summed E-state index contributed by atoms with van der Waals surface area (Å²) in [6.07, 6.45) is -1.05. The number of amides is 4. The van der Waals surface area contributed by atoms with Crippen molar-refractivity contribution in [2.24, 2.45) is 5.73 Å². The summed E-state index contributed by atoms with van der Waals surface area (Å²) in [7, 11) is 0. The standard InChI is InChI=1S/C36H52N4O7/c1-23-16-14-15-19-25(23)29(30(42)38-27(32(44)46-35(5,6)7)22-24-17-12-11-13-18-24)40(34(2,3)4)31(43)26(20-21-28(37)41)39-33(45)47-36(8,9)10/h11-19,26-27,29H,20-22H2,1-10H3,(H2,37,41)(H,38,42)(H,39,45). The zero-order valence-electron chi connectivity index (χ0n) is 29.4. The number of hydrogen-bond acceptors (Lipinski definition) is 7. The molecule has 3 unspecified atom stereocenters. The van der Waals surface area contributed by atoms with Crippen molar-refractivity contribution in [1.29, 1.82) is 0 Å². The monoisotopic (exact) mass is 652 g/mol. The van der Waals surface area contributed by atoms with Crippen LogP contribution in [0.15, 0.2) is 54.6 Å². The van der Waals surface area contributed by atoms with Crippen LogP contribution in [0.3, 0.4) is 0 Å². The molecule has 0 aliphatic heterocycles. The van der Waals surface area contributed by atoms with Gasteiger partial charge in [-0.15, -0.1) is 0 Å². The number of aryl methyl sites for hydroxylation is 1. The van der Waals surface area contributed by atoms with Crippen molar-refractivity contribution in [3.63, 3.8) is 0 Å². The molecule has 11 nitrogen and oxygen atoms in total. The number of nitrogens with zero attached hydrogens (tertiary/aromatic N) is 1. The molecule has 0 aromatic heterocycles. The lowest BCUT2D eigenvalue weighted by atomic mass is 9.92. The van der Waals surface area contributed by atoms with Gasteiger partial charge in [0, 0.05) is 18.4 Å². The summed E-state index contributed by atoms with van der Waals surface area (Å²) in [5, 5.41) is 5.48. The van der Waals surface area contributed by atoms with Crippen LogP contribution in [-0.2, 0) is 35.1 Å². The molecule has 4 amide bonds. The average molecular weight is 653 g/mol. The van der Waals surface area contributed by atoms with Crippen LogP contribution in [-0.4, -0.2) is 63.5 Å². The Bertz CT molecular complexity index is 1400. The zero-order chi connectivity index (χ0) is 35.7. The van der Waals surface area contributed by atoms with E-state index in [9.17, 15) is 24.0 Å². The van der Waals surface area contributed by atoms with Gasteiger partial charge in [0.2, 0.25) is 17.7 Å².